The van der Waals surface area contributed by atoms with E-state index in [-0.39, 0.29) is 24.4 Å². The summed E-state index contributed by atoms with van der Waals surface area (Å²) < 4.78 is 0. The Hall–Kier alpha value is -4.52. The third-order valence-corrected chi connectivity index (χ3v) is 7.37. The van der Waals surface area contributed by atoms with Crippen molar-refractivity contribution < 1.29 is 9.59 Å². The number of aryl methyl sites for hydroxylation is 1. The van der Waals surface area contributed by atoms with E-state index in [9.17, 15) is 9.59 Å². The summed E-state index contributed by atoms with van der Waals surface area (Å²) in [6.07, 6.45) is 0. The molecule has 5 rings (SSSR count). The molecular formula is C32H33N5O2. The Morgan fingerprint density at radius 2 is 1.44 bits per heavy atom. The van der Waals surface area contributed by atoms with Gasteiger partial charge in [-0.05, 0) is 43.2 Å². The lowest BCUT2D eigenvalue weighted by Crippen LogP contribution is -2.52. The van der Waals surface area contributed by atoms with Gasteiger partial charge in [0.25, 0.3) is 5.91 Å². The normalized spacial score (nSPS) is 14.1. The molecule has 1 aliphatic heterocycles. The molecule has 1 atom stereocenters. The van der Waals surface area contributed by atoms with E-state index in [0.717, 1.165) is 28.2 Å². The number of carbonyl (C=O) groups is 2. The largest absolute Gasteiger partial charge is 0.352 e. The highest BCUT2D eigenvalue weighted by Crippen LogP contribution is 2.24. The van der Waals surface area contributed by atoms with Crippen molar-refractivity contribution in [3.05, 3.63) is 114 Å². The molecule has 4 aromatic rings. The second-order valence-corrected chi connectivity index (χ2v) is 9.85. The van der Waals surface area contributed by atoms with Crippen molar-refractivity contribution in [1.82, 2.24) is 20.0 Å². The van der Waals surface area contributed by atoms with Gasteiger partial charge in [0.1, 0.15) is 6.54 Å². The number of hydrogen-bond acceptors (Lipinski definition) is 5. The van der Waals surface area contributed by atoms with Crippen LogP contribution in [-0.2, 0) is 4.79 Å². The molecule has 1 fully saturated rings. The van der Waals surface area contributed by atoms with Gasteiger partial charge < -0.3 is 14.7 Å². The average molecular weight is 520 g/mol. The molecule has 7 heteroatoms. The predicted molar refractivity (Wildman–Crippen MR) is 153 cm³/mol. The Bertz CT molecular complexity index is 1400. The summed E-state index contributed by atoms with van der Waals surface area (Å²) in [5.74, 6) is 0.617. The monoisotopic (exact) mass is 519 g/mol. The number of amides is 2. The number of aromatic nitrogens is 2. The summed E-state index contributed by atoms with van der Waals surface area (Å²) in [5.41, 5.74) is 4.37. The zero-order valence-corrected chi connectivity index (χ0v) is 22.4. The Balaban J connectivity index is 1.26. The molecule has 198 valence electrons. The zero-order valence-electron chi connectivity index (χ0n) is 22.4. The second kappa shape index (κ2) is 11.9. The van der Waals surface area contributed by atoms with Crippen molar-refractivity contribution in [1.29, 1.82) is 0 Å². The van der Waals surface area contributed by atoms with E-state index in [1.165, 1.54) is 0 Å². The molecule has 0 N–H and O–H groups in total. The minimum atomic E-state index is -0.248. The smallest absolute Gasteiger partial charge is 0.255 e. The summed E-state index contributed by atoms with van der Waals surface area (Å²) in [6, 6.07) is 31.1. The van der Waals surface area contributed by atoms with Crippen LogP contribution < -0.4 is 4.90 Å². The van der Waals surface area contributed by atoms with E-state index in [1.807, 2.05) is 116 Å². The van der Waals surface area contributed by atoms with Gasteiger partial charge in [-0.1, -0.05) is 78.9 Å². The third-order valence-electron chi connectivity index (χ3n) is 7.37. The fourth-order valence-corrected chi connectivity index (χ4v) is 4.95. The summed E-state index contributed by atoms with van der Waals surface area (Å²) in [5, 5.41) is 8.84. The van der Waals surface area contributed by atoms with Crippen molar-refractivity contribution in [2.45, 2.75) is 19.9 Å². The van der Waals surface area contributed by atoms with Crippen LogP contribution >= 0.6 is 0 Å². The van der Waals surface area contributed by atoms with E-state index in [0.29, 0.717) is 31.7 Å². The summed E-state index contributed by atoms with van der Waals surface area (Å²) >= 11 is 0. The lowest BCUT2D eigenvalue weighted by atomic mass is 10.0. The maximum absolute atomic E-state index is 13.7. The molecule has 3 aromatic carbocycles. The van der Waals surface area contributed by atoms with Crippen molar-refractivity contribution in [2.24, 2.45) is 0 Å². The first-order valence-electron chi connectivity index (χ1n) is 13.3. The lowest BCUT2D eigenvalue weighted by molar-refractivity contribution is -0.132. The summed E-state index contributed by atoms with van der Waals surface area (Å²) in [7, 11) is 0. The van der Waals surface area contributed by atoms with E-state index >= 15 is 0 Å². The van der Waals surface area contributed by atoms with Gasteiger partial charge in [-0.3, -0.25) is 9.59 Å². The number of nitrogens with zero attached hydrogens (tertiary/aromatic N) is 5. The van der Waals surface area contributed by atoms with Crippen LogP contribution in [0.1, 0.15) is 34.5 Å². The Morgan fingerprint density at radius 1 is 0.795 bits per heavy atom. The second-order valence-electron chi connectivity index (χ2n) is 9.85. The first-order valence-corrected chi connectivity index (χ1v) is 13.3. The van der Waals surface area contributed by atoms with Gasteiger partial charge in [0, 0.05) is 37.3 Å². The molecule has 1 aliphatic rings. The van der Waals surface area contributed by atoms with Crippen LogP contribution in [0.25, 0.3) is 11.3 Å². The zero-order chi connectivity index (χ0) is 27.2. The van der Waals surface area contributed by atoms with Crippen LogP contribution in [-0.4, -0.2) is 64.5 Å². The maximum Gasteiger partial charge on any atom is 0.255 e. The first-order chi connectivity index (χ1) is 19.0. The van der Waals surface area contributed by atoms with Crippen LogP contribution in [0.5, 0.6) is 0 Å². The average Bonchev–Trinajstić information content (AvgIpc) is 3.00. The number of anilines is 1. The van der Waals surface area contributed by atoms with Gasteiger partial charge in [-0.2, -0.15) is 0 Å². The van der Waals surface area contributed by atoms with Crippen LogP contribution in [0.2, 0.25) is 0 Å². The standard InChI is InChI=1S/C32H33N5O2/c1-24-11-9-10-16-28(24)32(39)37(25(2)26-12-5-3-6-13-26)23-31(38)36-21-19-35(20-22-36)30-18-17-29(33-34-30)27-14-7-4-8-15-27/h3-18,25H,19-23H2,1-2H3/t25-/m1/s1. The van der Waals surface area contributed by atoms with Gasteiger partial charge >= 0.3 is 0 Å². The Labute approximate surface area is 229 Å². The Morgan fingerprint density at radius 3 is 2.08 bits per heavy atom. The number of benzene rings is 3. The predicted octanol–water partition coefficient (Wildman–Crippen LogP) is 5.00. The highest BCUT2D eigenvalue weighted by Gasteiger charge is 2.29. The van der Waals surface area contributed by atoms with E-state index in [4.69, 9.17) is 0 Å². The van der Waals surface area contributed by atoms with Gasteiger partial charge in [-0.25, -0.2) is 0 Å². The highest BCUT2D eigenvalue weighted by molar-refractivity contribution is 5.98. The summed E-state index contributed by atoms with van der Waals surface area (Å²) in [4.78, 5) is 32.9. The van der Waals surface area contributed by atoms with E-state index in [1.54, 1.807) is 4.90 Å². The van der Waals surface area contributed by atoms with Crippen LogP contribution in [0.15, 0.2) is 97.1 Å². The van der Waals surface area contributed by atoms with Crippen molar-refractivity contribution in [3.63, 3.8) is 0 Å². The quantitative estimate of drug-likeness (QED) is 0.344. The first kappa shape index (κ1) is 26.1. The van der Waals surface area contributed by atoms with Crippen LogP contribution in [0.4, 0.5) is 5.82 Å². The highest BCUT2D eigenvalue weighted by atomic mass is 16.2. The maximum atomic E-state index is 13.7. The van der Waals surface area contributed by atoms with E-state index in [2.05, 4.69) is 15.1 Å². The molecule has 0 unspecified atom stereocenters. The molecule has 39 heavy (non-hydrogen) atoms. The molecule has 1 aromatic heterocycles. The Kier molecular flexibility index (Phi) is 7.96. The van der Waals surface area contributed by atoms with Crippen molar-refractivity contribution in [2.75, 3.05) is 37.6 Å². The molecule has 1 saturated heterocycles. The summed E-state index contributed by atoms with van der Waals surface area (Å²) in [6.45, 7) is 6.37. The van der Waals surface area contributed by atoms with Gasteiger partial charge in [0.05, 0.1) is 11.7 Å². The SMILES string of the molecule is Cc1ccccc1C(=O)N(CC(=O)N1CCN(c2ccc(-c3ccccc3)nn2)CC1)[C@H](C)c1ccccc1. The molecule has 7 nitrogen and oxygen atoms in total. The number of piperazine rings is 1. The molecule has 2 heterocycles. The molecule has 0 spiro atoms. The van der Waals surface area contributed by atoms with Crippen molar-refractivity contribution >= 4 is 17.6 Å². The number of rotatable bonds is 7. The molecular weight excluding hydrogens is 486 g/mol. The molecule has 2 amide bonds. The minimum absolute atomic E-state index is 0.0226. The third kappa shape index (κ3) is 5.98. The van der Waals surface area contributed by atoms with Gasteiger partial charge in [0.2, 0.25) is 5.91 Å². The van der Waals surface area contributed by atoms with Crippen LogP contribution in [0, 0.1) is 6.92 Å². The fourth-order valence-electron chi connectivity index (χ4n) is 4.95. The fraction of sp³-hybridized carbons (Fsp3) is 0.250. The molecule has 0 radical (unpaired) electrons. The molecule has 0 bridgehead atoms. The molecule has 0 saturated carbocycles. The minimum Gasteiger partial charge on any atom is -0.352 e. The van der Waals surface area contributed by atoms with Gasteiger partial charge in [0.15, 0.2) is 5.82 Å². The lowest BCUT2D eigenvalue weighted by Gasteiger charge is -2.37. The topological polar surface area (TPSA) is 69.6 Å². The molecule has 0 aliphatic carbocycles. The van der Waals surface area contributed by atoms with E-state index < -0.39 is 0 Å². The van der Waals surface area contributed by atoms with Gasteiger partial charge in [-0.15, -0.1) is 10.2 Å². The number of hydrogen-bond donors (Lipinski definition) is 0. The van der Waals surface area contributed by atoms with Crippen LogP contribution in [0.3, 0.4) is 0 Å². The number of carbonyl (C=O) groups excluding carboxylic acids is 2. The van der Waals surface area contributed by atoms with Crippen molar-refractivity contribution in [3.8, 4) is 11.3 Å².